The highest BCUT2D eigenvalue weighted by Crippen LogP contribution is 2.19. The molecule has 0 radical (unpaired) electrons. The highest BCUT2D eigenvalue weighted by molar-refractivity contribution is 7.15. The van der Waals surface area contributed by atoms with E-state index in [9.17, 15) is 4.79 Å². The van der Waals surface area contributed by atoms with Gasteiger partial charge in [-0.3, -0.25) is 9.20 Å². The first-order valence-corrected chi connectivity index (χ1v) is 4.68. The maximum atomic E-state index is 10.5. The molecule has 5 heteroatoms. The van der Waals surface area contributed by atoms with Crippen LogP contribution in [0.5, 0.6) is 0 Å². The quantitative estimate of drug-likeness (QED) is 0.788. The second-order valence-corrected chi connectivity index (χ2v) is 3.66. The Morgan fingerprint density at radius 2 is 2.54 bits per heavy atom. The van der Waals surface area contributed by atoms with Gasteiger partial charge < -0.3 is 5.11 Å². The van der Waals surface area contributed by atoms with E-state index in [-0.39, 0.29) is 6.42 Å². The highest BCUT2D eigenvalue weighted by atomic mass is 32.1. The predicted molar refractivity (Wildman–Crippen MR) is 49.1 cm³/mol. The van der Waals surface area contributed by atoms with Crippen LogP contribution in [0.1, 0.15) is 11.4 Å². The Hall–Kier alpha value is -1.36. The minimum Gasteiger partial charge on any atom is -0.481 e. The third-order valence-corrected chi connectivity index (χ3v) is 2.95. The lowest BCUT2D eigenvalue weighted by Gasteiger charge is -1.92. The van der Waals surface area contributed by atoms with Crippen LogP contribution >= 0.6 is 11.3 Å². The second kappa shape index (κ2) is 2.85. The molecule has 13 heavy (non-hydrogen) atoms. The molecule has 0 saturated heterocycles. The highest BCUT2D eigenvalue weighted by Gasteiger charge is 2.09. The molecule has 2 aromatic rings. The number of imidazole rings is 1. The molecule has 0 fully saturated rings. The van der Waals surface area contributed by atoms with Crippen molar-refractivity contribution in [3.05, 3.63) is 23.1 Å². The molecule has 0 aliphatic heterocycles. The van der Waals surface area contributed by atoms with Gasteiger partial charge in [-0.05, 0) is 6.92 Å². The molecule has 0 aromatic carbocycles. The number of nitrogens with zero attached hydrogens (tertiary/aromatic N) is 2. The standard InChI is InChI=1S/C8H8N2O2S/c1-5-8-10(4-9-5)6(3-13-8)2-7(11)12/h3-4H,2H2,1H3,(H,11,12). The maximum Gasteiger partial charge on any atom is 0.309 e. The van der Waals surface area contributed by atoms with Crippen LogP contribution in [0.3, 0.4) is 0 Å². The van der Waals surface area contributed by atoms with E-state index in [0.29, 0.717) is 0 Å². The molecule has 0 atom stereocenters. The lowest BCUT2D eigenvalue weighted by Crippen LogP contribution is -2.01. The predicted octanol–water partition coefficient (Wildman–Crippen LogP) is 1.33. The lowest BCUT2D eigenvalue weighted by molar-refractivity contribution is -0.136. The van der Waals surface area contributed by atoms with E-state index in [4.69, 9.17) is 5.11 Å². The Bertz CT molecular complexity index is 458. The normalized spacial score (nSPS) is 10.8. The van der Waals surface area contributed by atoms with Crippen molar-refractivity contribution in [3.63, 3.8) is 0 Å². The molecular weight excluding hydrogens is 188 g/mol. The second-order valence-electron chi connectivity index (χ2n) is 2.80. The van der Waals surface area contributed by atoms with E-state index in [0.717, 1.165) is 16.2 Å². The number of carbonyl (C=O) groups is 1. The van der Waals surface area contributed by atoms with Gasteiger partial charge in [-0.1, -0.05) is 0 Å². The van der Waals surface area contributed by atoms with Gasteiger partial charge in [0, 0.05) is 11.1 Å². The third kappa shape index (κ3) is 1.31. The SMILES string of the molecule is Cc1ncn2c(CC(=O)O)csc12. The summed E-state index contributed by atoms with van der Waals surface area (Å²) in [6.07, 6.45) is 1.72. The summed E-state index contributed by atoms with van der Waals surface area (Å²) in [5.41, 5.74) is 1.73. The Morgan fingerprint density at radius 1 is 1.77 bits per heavy atom. The summed E-state index contributed by atoms with van der Waals surface area (Å²) in [6, 6.07) is 0. The summed E-state index contributed by atoms with van der Waals surface area (Å²) in [5, 5.41) is 10.5. The first-order valence-electron chi connectivity index (χ1n) is 3.80. The van der Waals surface area contributed by atoms with Gasteiger partial charge in [0.25, 0.3) is 0 Å². The largest absolute Gasteiger partial charge is 0.481 e. The van der Waals surface area contributed by atoms with Gasteiger partial charge in [-0.2, -0.15) is 0 Å². The molecule has 2 heterocycles. The Labute approximate surface area is 78.5 Å². The average molecular weight is 196 g/mol. The van der Waals surface area contributed by atoms with E-state index in [1.807, 2.05) is 16.7 Å². The molecule has 0 amide bonds. The van der Waals surface area contributed by atoms with Crippen LogP contribution in [0.2, 0.25) is 0 Å². The van der Waals surface area contributed by atoms with Crippen LogP contribution in [0, 0.1) is 6.92 Å². The van der Waals surface area contributed by atoms with Gasteiger partial charge in [0.05, 0.1) is 12.1 Å². The smallest absolute Gasteiger partial charge is 0.309 e. The van der Waals surface area contributed by atoms with Crippen molar-refractivity contribution in [3.8, 4) is 0 Å². The van der Waals surface area contributed by atoms with E-state index in [2.05, 4.69) is 4.98 Å². The van der Waals surface area contributed by atoms with Gasteiger partial charge in [0.1, 0.15) is 11.2 Å². The van der Waals surface area contributed by atoms with E-state index in [1.54, 1.807) is 6.33 Å². The van der Waals surface area contributed by atoms with Crippen molar-refractivity contribution in [2.24, 2.45) is 0 Å². The Balaban J connectivity index is 2.52. The molecule has 4 nitrogen and oxygen atoms in total. The first kappa shape index (κ1) is 8.25. The molecule has 1 N–H and O–H groups in total. The molecule has 0 spiro atoms. The number of carboxylic acids is 1. The number of carboxylic acid groups (broad SMARTS) is 1. The molecule has 0 bridgehead atoms. The van der Waals surface area contributed by atoms with Gasteiger partial charge >= 0.3 is 5.97 Å². The summed E-state index contributed by atoms with van der Waals surface area (Å²) in [7, 11) is 0. The van der Waals surface area contributed by atoms with Crippen LogP contribution in [-0.4, -0.2) is 20.5 Å². The topological polar surface area (TPSA) is 54.6 Å². The zero-order chi connectivity index (χ0) is 9.42. The summed E-state index contributed by atoms with van der Waals surface area (Å²) < 4.78 is 1.83. The van der Waals surface area contributed by atoms with Crippen molar-refractivity contribution >= 4 is 22.1 Å². The average Bonchev–Trinajstić information content (AvgIpc) is 2.56. The van der Waals surface area contributed by atoms with E-state index in [1.165, 1.54) is 11.3 Å². The Kier molecular flexibility index (Phi) is 1.81. The fourth-order valence-corrected chi connectivity index (χ4v) is 2.18. The van der Waals surface area contributed by atoms with Gasteiger partial charge in [-0.15, -0.1) is 11.3 Å². The van der Waals surface area contributed by atoms with E-state index < -0.39 is 5.97 Å². The summed E-state index contributed by atoms with van der Waals surface area (Å²) >= 11 is 1.53. The third-order valence-electron chi connectivity index (χ3n) is 1.84. The molecule has 0 aliphatic rings. The lowest BCUT2D eigenvalue weighted by atomic mass is 10.3. The molecule has 68 valence electrons. The summed E-state index contributed by atoms with van der Waals surface area (Å²) in [4.78, 5) is 15.6. The summed E-state index contributed by atoms with van der Waals surface area (Å²) in [5.74, 6) is -0.814. The minimum absolute atomic E-state index is 0.0514. The van der Waals surface area contributed by atoms with Crippen LogP contribution in [-0.2, 0) is 11.2 Å². The van der Waals surface area contributed by atoms with Crippen molar-refractivity contribution in [2.75, 3.05) is 0 Å². The number of aliphatic carboxylic acids is 1. The number of fused-ring (bicyclic) bond motifs is 1. The van der Waals surface area contributed by atoms with Gasteiger partial charge in [0.15, 0.2) is 0 Å². The van der Waals surface area contributed by atoms with Crippen LogP contribution < -0.4 is 0 Å². The van der Waals surface area contributed by atoms with Crippen LogP contribution in [0.25, 0.3) is 4.83 Å². The molecule has 2 rings (SSSR count). The molecule has 0 unspecified atom stereocenters. The molecule has 2 aromatic heterocycles. The zero-order valence-electron chi connectivity index (χ0n) is 7.02. The molecule has 0 saturated carbocycles. The van der Waals surface area contributed by atoms with E-state index >= 15 is 0 Å². The fourth-order valence-electron chi connectivity index (χ4n) is 1.24. The number of hydrogen-bond donors (Lipinski definition) is 1. The Morgan fingerprint density at radius 3 is 3.23 bits per heavy atom. The number of rotatable bonds is 2. The fraction of sp³-hybridized carbons (Fsp3) is 0.250. The number of aryl methyl sites for hydroxylation is 1. The van der Waals surface area contributed by atoms with Gasteiger partial charge in [0.2, 0.25) is 0 Å². The minimum atomic E-state index is -0.814. The molecule has 0 aliphatic carbocycles. The van der Waals surface area contributed by atoms with Crippen LogP contribution in [0.15, 0.2) is 11.7 Å². The number of aromatic nitrogens is 2. The summed E-state index contributed by atoms with van der Waals surface area (Å²) in [6.45, 7) is 1.91. The first-order chi connectivity index (χ1) is 6.18. The van der Waals surface area contributed by atoms with Crippen molar-refractivity contribution in [2.45, 2.75) is 13.3 Å². The zero-order valence-corrected chi connectivity index (χ0v) is 7.84. The maximum absolute atomic E-state index is 10.5. The number of hydrogen-bond acceptors (Lipinski definition) is 3. The monoisotopic (exact) mass is 196 g/mol. The molecular formula is C8H8N2O2S. The van der Waals surface area contributed by atoms with Crippen molar-refractivity contribution in [1.29, 1.82) is 0 Å². The number of thiazole rings is 1. The van der Waals surface area contributed by atoms with Crippen molar-refractivity contribution in [1.82, 2.24) is 9.38 Å². The van der Waals surface area contributed by atoms with Crippen molar-refractivity contribution < 1.29 is 9.90 Å². The van der Waals surface area contributed by atoms with Crippen LogP contribution in [0.4, 0.5) is 0 Å². The van der Waals surface area contributed by atoms with Gasteiger partial charge in [-0.25, -0.2) is 4.98 Å².